The average molecular weight is 376 g/mol. The van der Waals surface area contributed by atoms with Crippen molar-refractivity contribution in [3.05, 3.63) is 60.2 Å². The number of para-hydroxylation sites is 1. The second kappa shape index (κ2) is 8.11. The minimum absolute atomic E-state index is 0.0293. The monoisotopic (exact) mass is 376 g/mol. The van der Waals surface area contributed by atoms with E-state index in [0.717, 1.165) is 4.31 Å². The first kappa shape index (κ1) is 19.6. The molecular formula is C18H20N2O5S. The number of sulfonamides is 1. The van der Waals surface area contributed by atoms with Gasteiger partial charge in [0.05, 0.1) is 10.5 Å². The lowest BCUT2D eigenvalue weighted by molar-refractivity contribution is -0.123. The Labute approximate surface area is 152 Å². The number of ether oxygens (including phenoxy) is 1. The molecule has 0 unspecified atom stereocenters. The van der Waals surface area contributed by atoms with Crippen LogP contribution in [-0.4, -0.2) is 44.8 Å². The van der Waals surface area contributed by atoms with Gasteiger partial charge in [-0.05, 0) is 37.3 Å². The molecule has 0 saturated heterocycles. The molecule has 1 N–H and O–H groups in total. The van der Waals surface area contributed by atoms with E-state index in [2.05, 4.69) is 5.32 Å². The van der Waals surface area contributed by atoms with Gasteiger partial charge in [-0.1, -0.05) is 24.3 Å². The molecule has 0 saturated carbocycles. The van der Waals surface area contributed by atoms with Crippen LogP contribution >= 0.6 is 0 Å². The second-order valence-electron chi connectivity index (χ2n) is 5.72. The summed E-state index contributed by atoms with van der Waals surface area (Å²) in [5, 5.41) is 2.63. The molecule has 138 valence electrons. The summed E-state index contributed by atoms with van der Waals surface area (Å²) in [7, 11) is -0.874. The lowest BCUT2D eigenvalue weighted by Crippen LogP contribution is -2.30. The van der Waals surface area contributed by atoms with E-state index in [1.54, 1.807) is 24.3 Å². The number of nitrogens with one attached hydrogen (secondary N) is 1. The third-order valence-electron chi connectivity index (χ3n) is 3.54. The molecule has 0 fully saturated rings. The lowest BCUT2D eigenvalue weighted by atomic mass is 10.2. The molecular weight excluding hydrogens is 356 g/mol. The maximum absolute atomic E-state index is 12.3. The van der Waals surface area contributed by atoms with E-state index >= 15 is 0 Å². The van der Waals surface area contributed by atoms with Crippen molar-refractivity contribution in [3.8, 4) is 0 Å². The predicted octanol–water partition coefficient (Wildman–Crippen LogP) is 2.12. The van der Waals surface area contributed by atoms with Crippen LogP contribution in [0.3, 0.4) is 0 Å². The van der Waals surface area contributed by atoms with Crippen LogP contribution in [0.5, 0.6) is 0 Å². The molecule has 1 amide bonds. The number of anilines is 1. The highest BCUT2D eigenvalue weighted by molar-refractivity contribution is 7.89. The van der Waals surface area contributed by atoms with Crippen LogP contribution in [0.25, 0.3) is 0 Å². The number of carbonyl (C=O) groups excluding carboxylic acids is 2. The Bertz CT molecular complexity index is 895. The predicted molar refractivity (Wildman–Crippen MR) is 97.3 cm³/mol. The van der Waals surface area contributed by atoms with Gasteiger partial charge in [0, 0.05) is 19.8 Å². The van der Waals surface area contributed by atoms with Crippen molar-refractivity contribution in [2.45, 2.75) is 17.9 Å². The first-order valence-corrected chi connectivity index (χ1v) is 9.25. The van der Waals surface area contributed by atoms with Gasteiger partial charge in [0.15, 0.2) is 6.10 Å². The highest BCUT2D eigenvalue weighted by atomic mass is 32.2. The van der Waals surface area contributed by atoms with Crippen molar-refractivity contribution >= 4 is 27.6 Å². The summed E-state index contributed by atoms with van der Waals surface area (Å²) in [6.45, 7) is 1.44. The summed E-state index contributed by atoms with van der Waals surface area (Å²) in [5.41, 5.74) is 0.631. The number of nitrogens with zero attached hydrogens (tertiary/aromatic N) is 1. The van der Waals surface area contributed by atoms with Gasteiger partial charge in [-0.2, -0.15) is 0 Å². The summed E-state index contributed by atoms with van der Waals surface area (Å²) in [6.07, 6.45) is -1.04. The van der Waals surface area contributed by atoms with E-state index in [-0.39, 0.29) is 10.5 Å². The third-order valence-corrected chi connectivity index (χ3v) is 5.35. The van der Waals surface area contributed by atoms with Crippen molar-refractivity contribution in [3.63, 3.8) is 0 Å². The molecule has 1 atom stereocenters. The Balaban J connectivity index is 2.09. The number of hydrogen-bond donors (Lipinski definition) is 1. The van der Waals surface area contributed by atoms with Gasteiger partial charge in [0.25, 0.3) is 5.91 Å². The van der Waals surface area contributed by atoms with Crippen molar-refractivity contribution in [1.29, 1.82) is 0 Å². The SMILES string of the molecule is C[C@H](OC(=O)c1cccc(S(=O)(=O)N(C)C)c1)C(=O)Nc1ccccc1. The Hall–Kier alpha value is -2.71. The van der Waals surface area contributed by atoms with Gasteiger partial charge in [-0.15, -0.1) is 0 Å². The molecule has 0 aromatic heterocycles. The Kier molecular flexibility index (Phi) is 6.12. The largest absolute Gasteiger partial charge is 0.449 e. The van der Waals surface area contributed by atoms with Crippen molar-refractivity contribution in [2.75, 3.05) is 19.4 Å². The molecule has 2 aromatic rings. The van der Waals surface area contributed by atoms with Gasteiger partial charge in [0.1, 0.15) is 0 Å². The molecule has 2 aromatic carbocycles. The number of hydrogen-bond acceptors (Lipinski definition) is 5. The molecule has 0 radical (unpaired) electrons. The minimum Gasteiger partial charge on any atom is -0.449 e. The van der Waals surface area contributed by atoms with E-state index in [4.69, 9.17) is 4.74 Å². The quantitative estimate of drug-likeness (QED) is 0.780. The van der Waals surface area contributed by atoms with Crippen LogP contribution in [-0.2, 0) is 19.6 Å². The molecule has 0 aliphatic carbocycles. The van der Waals surface area contributed by atoms with Crippen LogP contribution in [0.2, 0.25) is 0 Å². The number of benzene rings is 2. The summed E-state index contributed by atoms with van der Waals surface area (Å²) in [5.74, 6) is -1.27. The molecule has 0 bridgehead atoms. The van der Waals surface area contributed by atoms with Crippen LogP contribution in [0, 0.1) is 0 Å². The van der Waals surface area contributed by atoms with Crippen LogP contribution < -0.4 is 5.32 Å². The highest BCUT2D eigenvalue weighted by Crippen LogP contribution is 2.16. The Morgan fingerprint density at radius 1 is 1.04 bits per heavy atom. The van der Waals surface area contributed by atoms with Crippen LogP contribution in [0.15, 0.2) is 59.5 Å². The van der Waals surface area contributed by atoms with Gasteiger partial charge in [0.2, 0.25) is 10.0 Å². The molecule has 2 rings (SSSR count). The fourth-order valence-corrected chi connectivity index (χ4v) is 2.99. The fraction of sp³-hybridized carbons (Fsp3) is 0.222. The second-order valence-corrected chi connectivity index (χ2v) is 7.87. The Morgan fingerprint density at radius 2 is 1.69 bits per heavy atom. The topological polar surface area (TPSA) is 92.8 Å². The van der Waals surface area contributed by atoms with Crippen molar-refractivity contribution in [2.24, 2.45) is 0 Å². The summed E-state index contributed by atoms with van der Waals surface area (Å²) >= 11 is 0. The van der Waals surface area contributed by atoms with Gasteiger partial charge < -0.3 is 10.1 Å². The van der Waals surface area contributed by atoms with E-state index in [0.29, 0.717) is 5.69 Å². The van der Waals surface area contributed by atoms with E-state index in [9.17, 15) is 18.0 Å². The molecule has 0 spiro atoms. The summed E-state index contributed by atoms with van der Waals surface area (Å²) in [6, 6.07) is 14.3. The minimum atomic E-state index is -3.67. The van der Waals surface area contributed by atoms with Crippen LogP contribution in [0.4, 0.5) is 5.69 Å². The summed E-state index contributed by atoms with van der Waals surface area (Å²) in [4.78, 5) is 24.3. The zero-order valence-electron chi connectivity index (χ0n) is 14.7. The summed E-state index contributed by atoms with van der Waals surface area (Å²) < 4.78 is 30.5. The van der Waals surface area contributed by atoms with Crippen molar-refractivity contribution in [1.82, 2.24) is 4.31 Å². The fourth-order valence-electron chi connectivity index (χ4n) is 2.04. The van der Waals surface area contributed by atoms with Gasteiger partial charge in [-0.3, -0.25) is 4.79 Å². The van der Waals surface area contributed by atoms with Crippen LogP contribution in [0.1, 0.15) is 17.3 Å². The van der Waals surface area contributed by atoms with Gasteiger partial charge >= 0.3 is 5.97 Å². The van der Waals surface area contributed by atoms with E-state index < -0.39 is 28.0 Å². The third kappa shape index (κ3) is 4.68. The first-order valence-electron chi connectivity index (χ1n) is 7.81. The molecule has 0 aliphatic heterocycles. The maximum atomic E-state index is 12.3. The van der Waals surface area contributed by atoms with Gasteiger partial charge in [-0.25, -0.2) is 17.5 Å². The normalized spacial score (nSPS) is 12.5. The number of rotatable bonds is 6. The Morgan fingerprint density at radius 3 is 2.31 bits per heavy atom. The lowest BCUT2D eigenvalue weighted by Gasteiger charge is -2.15. The molecule has 8 heteroatoms. The number of carbonyl (C=O) groups is 2. The highest BCUT2D eigenvalue weighted by Gasteiger charge is 2.22. The average Bonchev–Trinajstić information content (AvgIpc) is 2.62. The zero-order valence-corrected chi connectivity index (χ0v) is 15.5. The smallest absolute Gasteiger partial charge is 0.338 e. The molecule has 26 heavy (non-hydrogen) atoms. The first-order chi connectivity index (χ1) is 12.2. The standard InChI is InChI=1S/C18H20N2O5S/c1-13(17(21)19-15-9-5-4-6-10-15)25-18(22)14-8-7-11-16(12-14)26(23,24)20(2)3/h4-13H,1-3H3,(H,19,21)/t13-/m0/s1. The number of amides is 1. The molecule has 0 aliphatic rings. The zero-order chi connectivity index (χ0) is 19.3. The van der Waals surface area contributed by atoms with E-state index in [1.807, 2.05) is 6.07 Å². The molecule has 0 heterocycles. The maximum Gasteiger partial charge on any atom is 0.338 e. The molecule has 7 nitrogen and oxygen atoms in total. The van der Waals surface area contributed by atoms with Crippen molar-refractivity contribution < 1.29 is 22.7 Å². The van der Waals surface area contributed by atoms with E-state index in [1.165, 1.54) is 45.3 Å². The number of esters is 1.